The quantitative estimate of drug-likeness (QED) is 0.785. The summed E-state index contributed by atoms with van der Waals surface area (Å²) >= 11 is 3.30. The van der Waals surface area contributed by atoms with Crippen LogP contribution in [0.25, 0.3) is 0 Å². The van der Waals surface area contributed by atoms with Crippen LogP contribution in [0.1, 0.15) is 42.9 Å². The topological polar surface area (TPSA) is 39.2 Å². The summed E-state index contributed by atoms with van der Waals surface area (Å²) in [6.07, 6.45) is 0.926. The summed E-state index contributed by atoms with van der Waals surface area (Å²) in [4.78, 5) is 16.4. The second-order valence-corrected chi connectivity index (χ2v) is 6.24. The first-order valence-corrected chi connectivity index (χ1v) is 6.70. The van der Waals surface area contributed by atoms with Gasteiger partial charge in [0, 0.05) is 18.9 Å². The summed E-state index contributed by atoms with van der Waals surface area (Å²) in [6.45, 7) is 3.65. The van der Waals surface area contributed by atoms with Crippen molar-refractivity contribution in [1.29, 1.82) is 0 Å². The van der Waals surface area contributed by atoms with Gasteiger partial charge in [-0.2, -0.15) is 0 Å². The van der Waals surface area contributed by atoms with Crippen molar-refractivity contribution < 1.29 is 13.6 Å². The molecule has 0 spiro atoms. The molecule has 1 fully saturated rings. The number of ether oxygens (including phenoxy) is 1. The highest BCUT2D eigenvalue weighted by Gasteiger charge is 2.46. The smallest absolute Gasteiger partial charge is 0.138 e. The van der Waals surface area contributed by atoms with E-state index in [0.29, 0.717) is 23.1 Å². The van der Waals surface area contributed by atoms with E-state index in [1.807, 2.05) is 13.8 Å². The lowest BCUT2D eigenvalue weighted by molar-refractivity contribution is -0.143. The lowest BCUT2D eigenvalue weighted by Gasteiger charge is -2.42. The van der Waals surface area contributed by atoms with E-state index in [4.69, 9.17) is 8.85 Å². The summed E-state index contributed by atoms with van der Waals surface area (Å²) in [5.74, 6) is 0.127. The molecule has 0 aliphatic heterocycles. The maximum absolute atomic E-state index is 12.0. The molecule has 1 aliphatic carbocycles. The Balaban J connectivity index is 2.48. The van der Waals surface area contributed by atoms with Crippen LogP contribution in [0.3, 0.4) is 0 Å². The van der Waals surface area contributed by atoms with Crippen molar-refractivity contribution in [1.82, 2.24) is 4.98 Å². The fourth-order valence-corrected chi connectivity index (χ4v) is 2.92. The standard InChI is InChI=1S/C14H18BrNO2/c1-13(2)9-14(18-3,8-7-11(13)17)10-5-4-6-12(15)16-10/h4-6H,7-9H2,1-3H3/i3D3. The van der Waals surface area contributed by atoms with Crippen LogP contribution in [-0.2, 0) is 15.1 Å². The molecule has 0 aromatic carbocycles. The summed E-state index contributed by atoms with van der Waals surface area (Å²) < 4.78 is 28.5. The zero-order chi connectivity index (χ0) is 15.9. The molecule has 3 nitrogen and oxygen atoms in total. The minimum absolute atomic E-state index is 0.127. The van der Waals surface area contributed by atoms with Gasteiger partial charge >= 0.3 is 0 Å². The van der Waals surface area contributed by atoms with Crippen LogP contribution in [0.5, 0.6) is 0 Å². The summed E-state index contributed by atoms with van der Waals surface area (Å²) in [7, 11) is -2.54. The number of halogens is 1. The number of carbonyl (C=O) groups is 1. The Morgan fingerprint density at radius 3 is 2.89 bits per heavy atom. The Hall–Kier alpha value is -0.740. The molecule has 4 heteroatoms. The number of ketones is 1. The van der Waals surface area contributed by atoms with Crippen LogP contribution in [0.15, 0.2) is 22.8 Å². The molecule has 0 N–H and O–H groups in total. The predicted octanol–water partition coefficient (Wildman–Crippen LogP) is 3.47. The zero-order valence-electron chi connectivity index (χ0n) is 13.5. The van der Waals surface area contributed by atoms with Crippen molar-refractivity contribution in [3.05, 3.63) is 28.5 Å². The first-order chi connectivity index (χ1) is 9.54. The van der Waals surface area contributed by atoms with Gasteiger partial charge in [-0.3, -0.25) is 4.79 Å². The van der Waals surface area contributed by atoms with Crippen molar-refractivity contribution in [3.63, 3.8) is 0 Å². The van der Waals surface area contributed by atoms with E-state index >= 15 is 0 Å². The van der Waals surface area contributed by atoms with Crippen LogP contribution in [0, 0.1) is 5.41 Å². The summed E-state index contributed by atoms with van der Waals surface area (Å²) in [6, 6.07) is 5.31. The van der Waals surface area contributed by atoms with E-state index in [9.17, 15) is 4.79 Å². The number of rotatable bonds is 2. The molecule has 18 heavy (non-hydrogen) atoms. The van der Waals surface area contributed by atoms with Crippen LogP contribution >= 0.6 is 15.9 Å². The molecule has 2 rings (SSSR count). The van der Waals surface area contributed by atoms with Gasteiger partial charge < -0.3 is 4.74 Å². The second kappa shape index (κ2) is 4.74. The second-order valence-electron chi connectivity index (χ2n) is 5.43. The normalized spacial score (nSPS) is 30.4. The molecule has 0 saturated heterocycles. The minimum Gasteiger partial charge on any atom is -0.372 e. The summed E-state index contributed by atoms with van der Waals surface area (Å²) in [5, 5.41) is 0. The monoisotopic (exact) mass is 314 g/mol. The first-order valence-electron chi connectivity index (χ1n) is 7.41. The zero-order valence-corrected chi connectivity index (χ0v) is 12.1. The number of methoxy groups -OCH3 is 1. The average Bonchev–Trinajstić information content (AvgIpc) is 2.32. The SMILES string of the molecule is [2H]C([2H])([2H])OC1(c2cccc(Br)n2)CCC(=O)C(C)(C)C1. The first kappa shape index (κ1) is 10.1. The molecule has 98 valence electrons. The highest BCUT2D eigenvalue weighted by molar-refractivity contribution is 9.10. The molecule has 1 aliphatic rings. The third-order valence-corrected chi connectivity index (χ3v) is 4.06. The van der Waals surface area contributed by atoms with Gasteiger partial charge in [-0.1, -0.05) is 19.9 Å². The van der Waals surface area contributed by atoms with E-state index in [0.717, 1.165) is 0 Å². The van der Waals surface area contributed by atoms with E-state index < -0.39 is 18.1 Å². The highest BCUT2D eigenvalue weighted by Crippen LogP contribution is 2.46. The fourth-order valence-electron chi connectivity index (χ4n) is 2.57. The molecule has 0 bridgehead atoms. The maximum Gasteiger partial charge on any atom is 0.138 e. The van der Waals surface area contributed by atoms with Crippen LogP contribution in [0.2, 0.25) is 0 Å². The van der Waals surface area contributed by atoms with Crippen LogP contribution in [-0.4, -0.2) is 17.8 Å². The number of hydrogen-bond donors (Lipinski definition) is 0. The Morgan fingerprint density at radius 1 is 1.50 bits per heavy atom. The third kappa shape index (κ3) is 2.36. The Kier molecular flexibility index (Phi) is 2.66. The van der Waals surface area contributed by atoms with Gasteiger partial charge in [0.1, 0.15) is 16.0 Å². The molecule has 0 amide bonds. The minimum atomic E-state index is -2.54. The predicted molar refractivity (Wildman–Crippen MR) is 73.3 cm³/mol. The molecule has 0 radical (unpaired) electrons. The number of nitrogens with zero attached hydrogens (tertiary/aromatic N) is 1. The summed E-state index contributed by atoms with van der Waals surface area (Å²) in [5.41, 5.74) is -1.14. The van der Waals surface area contributed by atoms with Gasteiger partial charge in [-0.15, -0.1) is 0 Å². The average molecular weight is 315 g/mol. The number of hydrogen-bond acceptors (Lipinski definition) is 3. The van der Waals surface area contributed by atoms with E-state index in [2.05, 4.69) is 20.9 Å². The van der Waals surface area contributed by atoms with E-state index in [-0.39, 0.29) is 12.2 Å². The van der Waals surface area contributed by atoms with E-state index in [1.54, 1.807) is 18.2 Å². The number of carbonyl (C=O) groups excluding carboxylic acids is 1. The third-order valence-electron chi connectivity index (χ3n) is 3.62. The fraction of sp³-hybridized carbons (Fsp3) is 0.571. The molecule has 1 atom stereocenters. The van der Waals surface area contributed by atoms with Crippen LogP contribution in [0.4, 0.5) is 0 Å². The number of aromatic nitrogens is 1. The number of pyridine rings is 1. The van der Waals surface area contributed by atoms with Gasteiger partial charge in [-0.05, 0) is 40.9 Å². The Labute approximate surface area is 120 Å². The molecular weight excluding hydrogens is 294 g/mol. The van der Waals surface area contributed by atoms with Gasteiger partial charge in [0.25, 0.3) is 0 Å². The molecular formula is C14H18BrNO2. The lowest BCUT2D eigenvalue weighted by atomic mass is 9.67. The van der Waals surface area contributed by atoms with Gasteiger partial charge in [0.05, 0.1) is 9.81 Å². The Bertz CT molecular complexity index is 559. The van der Waals surface area contributed by atoms with Gasteiger partial charge in [0.2, 0.25) is 0 Å². The van der Waals surface area contributed by atoms with Crippen LogP contribution < -0.4 is 0 Å². The molecule has 1 aromatic rings. The van der Waals surface area contributed by atoms with Crippen molar-refractivity contribution in [3.8, 4) is 0 Å². The van der Waals surface area contributed by atoms with Crippen molar-refractivity contribution in [2.75, 3.05) is 7.04 Å². The van der Waals surface area contributed by atoms with Crippen molar-refractivity contribution >= 4 is 21.7 Å². The lowest BCUT2D eigenvalue weighted by Crippen LogP contribution is -2.44. The molecule has 1 aromatic heterocycles. The molecule has 1 unspecified atom stereocenters. The van der Waals surface area contributed by atoms with Gasteiger partial charge in [0.15, 0.2) is 0 Å². The molecule has 1 saturated carbocycles. The highest BCUT2D eigenvalue weighted by atomic mass is 79.9. The van der Waals surface area contributed by atoms with Crippen molar-refractivity contribution in [2.45, 2.75) is 38.7 Å². The van der Waals surface area contributed by atoms with Gasteiger partial charge in [-0.25, -0.2) is 4.98 Å². The van der Waals surface area contributed by atoms with Crippen molar-refractivity contribution in [2.24, 2.45) is 5.41 Å². The van der Waals surface area contributed by atoms with E-state index in [1.165, 1.54) is 0 Å². The maximum atomic E-state index is 12.0. The number of Topliss-reactive ketones (excluding diaryl/α,β-unsaturated/α-hetero) is 1. The largest absolute Gasteiger partial charge is 0.372 e. The Morgan fingerprint density at radius 2 is 2.28 bits per heavy atom. The molecule has 1 heterocycles.